The first-order valence-corrected chi connectivity index (χ1v) is 7.00. The number of hydrogen-bond donors (Lipinski definition) is 3. The Kier molecular flexibility index (Phi) is 3.47. The lowest BCUT2D eigenvalue weighted by Gasteiger charge is -2.06. The Hall–Kier alpha value is -2.38. The predicted octanol–water partition coefficient (Wildman–Crippen LogP) is 1.33. The van der Waals surface area contributed by atoms with E-state index in [0.29, 0.717) is 11.3 Å². The molecule has 2 rings (SSSR count). The summed E-state index contributed by atoms with van der Waals surface area (Å²) in [4.78, 5) is 11.7. The van der Waals surface area contributed by atoms with E-state index in [1.807, 2.05) is 0 Å². The number of benzene rings is 2. The summed E-state index contributed by atoms with van der Waals surface area (Å²) in [6.07, 6.45) is 0. The summed E-state index contributed by atoms with van der Waals surface area (Å²) in [5, 5.41) is 0. The van der Waals surface area contributed by atoms with Crippen LogP contribution in [0.25, 0.3) is 0 Å². The van der Waals surface area contributed by atoms with Gasteiger partial charge in [0.1, 0.15) is 4.90 Å². The largest absolute Gasteiger partial charge is 0.399 e. The molecule has 2 aromatic rings. The minimum Gasteiger partial charge on any atom is -0.399 e. The van der Waals surface area contributed by atoms with Crippen molar-refractivity contribution in [2.45, 2.75) is 4.90 Å². The van der Waals surface area contributed by atoms with Crippen LogP contribution < -0.4 is 11.5 Å². The second kappa shape index (κ2) is 4.95. The van der Waals surface area contributed by atoms with Crippen LogP contribution in [-0.4, -0.2) is 18.8 Å². The van der Waals surface area contributed by atoms with Crippen LogP contribution in [0.3, 0.4) is 0 Å². The summed E-state index contributed by atoms with van der Waals surface area (Å²) in [6.45, 7) is 0. The van der Waals surface area contributed by atoms with Crippen LogP contribution in [0.4, 0.5) is 11.4 Å². The van der Waals surface area contributed by atoms with Crippen molar-refractivity contribution in [3.63, 3.8) is 0 Å². The van der Waals surface area contributed by atoms with Crippen LogP contribution in [0.15, 0.2) is 47.4 Å². The van der Waals surface area contributed by atoms with Gasteiger partial charge in [0.05, 0.1) is 5.69 Å². The molecule has 0 fully saturated rings. The molecular weight excluding hydrogens is 280 g/mol. The van der Waals surface area contributed by atoms with Crippen LogP contribution in [0.2, 0.25) is 0 Å². The first-order valence-electron chi connectivity index (χ1n) is 5.56. The molecule has 0 spiro atoms. The molecule has 7 heteroatoms. The Morgan fingerprint density at radius 1 is 0.950 bits per heavy atom. The van der Waals surface area contributed by atoms with E-state index < -0.39 is 20.8 Å². The molecule has 0 amide bonds. The normalized spacial score (nSPS) is 11.2. The molecule has 0 aliphatic carbocycles. The Morgan fingerprint density at radius 3 is 2.05 bits per heavy atom. The zero-order chi connectivity index (χ0) is 14.9. The summed E-state index contributed by atoms with van der Waals surface area (Å²) in [6, 6.07) is 9.88. The monoisotopic (exact) mass is 292 g/mol. The standard InChI is InChI=1S/C13H12N2O4S/c14-10-4-1-8(2-5-10)13(16)9-3-6-11(15)12(7-9)20(17,18)19/h1-7H,14-15H2,(H,17,18,19). The number of rotatable bonds is 3. The number of anilines is 2. The third-order valence-electron chi connectivity index (χ3n) is 2.73. The zero-order valence-corrected chi connectivity index (χ0v) is 11.1. The van der Waals surface area contributed by atoms with Crippen molar-refractivity contribution in [1.29, 1.82) is 0 Å². The molecule has 0 aliphatic heterocycles. The molecule has 0 saturated heterocycles. The van der Waals surface area contributed by atoms with Crippen LogP contribution >= 0.6 is 0 Å². The van der Waals surface area contributed by atoms with Crippen LogP contribution in [0.1, 0.15) is 15.9 Å². The quantitative estimate of drug-likeness (QED) is 0.445. The maximum Gasteiger partial charge on any atom is 0.296 e. The maximum atomic E-state index is 12.2. The number of nitrogen functional groups attached to an aromatic ring is 2. The van der Waals surface area contributed by atoms with E-state index in [1.54, 1.807) is 12.1 Å². The minimum atomic E-state index is -4.48. The smallest absolute Gasteiger partial charge is 0.296 e. The third kappa shape index (κ3) is 2.79. The van der Waals surface area contributed by atoms with Crippen LogP contribution in [0.5, 0.6) is 0 Å². The van der Waals surface area contributed by atoms with Gasteiger partial charge in [-0.25, -0.2) is 0 Å². The van der Waals surface area contributed by atoms with Crippen molar-refractivity contribution in [3.05, 3.63) is 53.6 Å². The second-order valence-corrected chi connectivity index (χ2v) is 5.57. The SMILES string of the molecule is Nc1ccc(C(=O)c2ccc(N)c(S(=O)(=O)O)c2)cc1. The number of carbonyl (C=O) groups excluding carboxylic acids is 1. The van der Waals surface area contributed by atoms with Gasteiger partial charge >= 0.3 is 0 Å². The minimum absolute atomic E-state index is 0.108. The number of hydrogen-bond acceptors (Lipinski definition) is 5. The Labute approximate surface area is 115 Å². The molecule has 0 unspecified atom stereocenters. The highest BCUT2D eigenvalue weighted by Crippen LogP contribution is 2.21. The molecular formula is C13H12N2O4S. The molecule has 104 valence electrons. The summed E-state index contributed by atoms with van der Waals surface area (Å²) in [5.41, 5.74) is 11.8. The van der Waals surface area contributed by atoms with Gasteiger partial charge in [-0.15, -0.1) is 0 Å². The number of nitrogens with two attached hydrogens (primary N) is 2. The lowest BCUT2D eigenvalue weighted by Crippen LogP contribution is -2.07. The summed E-state index contributed by atoms with van der Waals surface area (Å²) in [5.74, 6) is -0.394. The molecule has 2 aromatic carbocycles. The fraction of sp³-hybridized carbons (Fsp3) is 0. The summed E-state index contributed by atoms with van der Waals surface area (Å²) >= 11 is 0. The van der Waals surface area contributed by atoms with Gasteiger partial charge in [-0.3, -0.25) is 9.35 Å². The fourth-order valence-electron chi connectivity index (χ4n) is 1.70. The lowest BCUT2D eigenvalue weighted by molar-refractivity contribution is 0.103. The van der Waals surface area contributed by atoms with E-state index in [2.05, 4.69) is 0 Å². The van der Waals surface area contributed by atoms with Crippen molar-refractivity contribution in [1.82, 2.24) is 0 Å². The van der Waals surface area contributed by atoms with E-state index in [9.17, 15) is 13.2 Å². The van der Waals surface area contributed by atoms with Crippen molar-refractivity contribution < 1.29 is 17.8 Å². The Bertz CT molecular complexity index is 767. The lowest BCUT2D eigenvalue weighted by atomic mass is 10.0. The van der Waals surface area contributed by atoms with Crippen LogP contribution in [-0.2, 0) is 10.1 Å². The number of carbonyl (C=O) groups is 1. The van der Waals surface area contributed by atoms with Crippen molar-refractivity contribution in [2.75, 3.05) is 11.5 Å². The van der Waals surface area contributed by atoms with E-state index in [1.165, 1.54) is 24.3 Å². The Balaban J connectivity index is 2.49. The Morgan fingerprint density at radius 2 is 1.50 bits per heavy atom. The second-order valence-electron chi connectivity index (χ2n) is 4.18. The van der Waals surface area contributed by atoms with Gasteiger partial charge in [-0.05, 0) is 42.5 Å². The van der Waals surface area contributed by atoms with Gasteiger partial charge in [-0.2, -0.15) is 8.42 Å². The molecule has 0 bridgehead atoms. The average Bonchev–Trinajstić information content (AvgIpc) is 2.38. The van der Waals surface area contributed by atoms with Gasteiger partial charge in [0.25, 0.3) is 10.1 Å². The highest BCUT2D eigenvalue weighted by Gasteiger charge is 2.17. The van der Waals surface area contributed by atoms with Gasteiger partial charge < -0.3 is 11.5 Å². The molecule has 0 aromatic heterocycles. The first kappa shape index (κ1) is 14.0. The predicted molar refractivity (Wildman–Crippen MR) is 75.0 cm³/mol. The van der Waals surface area contributed by atoms with Gasteiger partial charge in [0.15, 0.2) is 5.78 Å². The van der Waals surface area contributed by atoms with E-state index in [-0.39, 0.29) is 11.3 Å². The molecule has 0 atom stereocenters. The highest BCUT2D eigenvalue weighted by molar-refractivity contribution is 7.86. The zero-order valence-electron chi connectivity index (χ0n) is 10.3. The molecule has 6 nitrogen and oxygen atoms in total. The maximum absolute atomic E-state index is 12.2. The van der Waals surface area contributed by atoms with E-state index in [0.717, 1.165) is 6.07 Å². The number of ketones is 1. The first-order chi connectivity index (χ1) is 9.29. The molecule has 0 aliphatic rings. The molecule has 0 radical (unpaired) electrons. The van der Waals surface area contributed by atoms with Crippen LogP contribution in [0, 0.1) is 0 Å². The van der Waals surface area contributed by atoms with E-state index in [4.69, 9.17) is 16.0 Å². The van der Waals surface area contributed by atoms with Crippen molar-refractivity contribution in [3.8, 4) is 0 Å². The van der Waals surface area contributed by atoms with Crippen molar-refractivity contribution in [2.24, 2.45) is 0 Å². The summed E-state index contributed by atoms with van der Waals surface area (Å²) in [7, 11) is -4.48. The molecule has 5 N–H and O–H groups in total. The molecule has 0 heterocycles. The third-order valence-corrected chi connectivity index (χ3v) is 3.64. The topological polar surface area (TPSA) is 123 Å². The van der Waals surface area contributed by atoms with Gasteiger partial charge in [-0.1, -0.05) is 0 Å². The fourth-order valence-corrected chi connectivity index (χ4v) is 2.34. The highest BCUT2D eigenvalue weighted by atomic mass is 32.2. The summed E-state index contributed by atoms with van der Waals surface area (Å²) < 4.78 is 31.4. The van der Waals surface area contributed by atoms with Gasteiger partial charge in [0.2, 0.25) is 0 Å². The average molecular weight is 292 g/mol. The molecule has 20 heavy (non-hydrogen) atoms. The van der Waals surface area contributed by atoms with Gasteiger partial charge in [0, 0.05) is 16.8 Å². The molecule has 0 saturated carbocycles. The van der Waals surface area contributed by atoms with Crippen molar-refractivity contribution >= 4 is 27.3 Å². The van der Waals surface area contributed by atoms with E-state index >= 15 is 0 Å².